The van der Waals surface area contributed by atoms with Crippen molar-refractivity contribution in [3.63, 3.8) is 0 Å². The third-order valence-electron chi connectivity index (χ3n) is 2.22. The molecule has 6 nitrogen and oxygen atoms in total. The molecule has 0 radical (unpaired) electrons. The van der Waals surface area contributed by atoms with Gasteiger partial charge in [0.25, 0.3) is 0 Å². The predicted octanol–water partition coefficient (Wildman–Crippen LogP) is 2.01. The zero-order valence-electron chi connectivity index (χ0n) is 9.60. The fourth-order valence-corrected chi connectivity index (χ4v) is 1.32. The number of aryl methyl sites for hydroxylation is 2. The second-order valence-electron chi connectivity index (χ2n) is 3.31. The fraction of sp³-hybridized carbons (Fsp3) is 0.364. The van der Waals surface area contributed by atoms with E-state index in [4.69, 9.17) is 13.6 Å². The lowest BCUT2D eigenvalue weighted by Crippen LogP contribution is -2.11. The van der Waals surface area contributed by atoms with E-state index in [1.807, 2.05) is 13.8 Å². The van der Waals surface area contributed by atoms with Crippen LogP contribution >= 0.6 is 0 Å². The first-order valence-corrected chi connectivity index (χ1v) is 5.33. The first-order valence-electron chi connectivity index (χ1n) is 5.33. The van der Waals surface area contributed by atoms with E-state index in [2.05, 4.69) is 9.97 Å². The maximum absolute atomic E-state index is 11.7. The molecule has 0 aromatic carbocycles. The number of carbonyl (C=O) groups is 1. The minimum atomic E-state index is -0.625. The molecule has 2 aromatic heterocycles. The highest BCUT2D eigenvalue weighted by Crippen LogP contribution is 2.15. The molecule has 0 atom stereocenters. The average Bonchev–Trinajstić information content (AvgIpc) is 2.96. The summed E-state index contributed by atoms with van der Waals surface area (Å²) in [5.41, 5.74) is 0.156. The fourth-order valence-electron chi connectivity index (χ4n) is 1.32. The van der Waals surface area contributed by atoms with Crippen LogP contribution in [0.1, 0.15) is 35.9 Å². The lowest BCUT2D eigenvalue weighted by molar-refractivity contribution is 0.0673. The Balaban J connectivity index is 2.11. The molecule has 17 heavy (non-hydrogen) atoms. The van der Waals surface area contributed by atoms with Gasteiger partial charge < -0.3 is 13.6 Å². The largest absolute Gasteiger partial charge is 0.448 e. The van der Waals surface area contributed by atoms with Crippen molar-refractivity contribution in [2.75, 3.05) is 0 Å². The third kappa shape index (κ3) is 2.35. The zero-order chi connectivity index (χ0) is 12.3. The van der Waals surface area contributed by atoms with Crippen LogP contribution in [0.5, 0.6) is 6.08 Å². The molecule has 0 aliphatic carbocycles. The third-order valence-corrected chi connectivity index (χ3v) is 2.22. The van der Waals surface area contributed by atoms with E-state index in [-0.39, 0.29) is 11.8 Å². The first-order chi connectivity index (χ1) is 8.24. The highest BCUT2D eigenvalue weighted by molar-refractivity contribution is 5.89. The van der Waals surface area contributed by atoms with Gasteiger partial charge in [0.05, 0.1) is 6.20 Å². The summed E-state index contributed by atoms with van der Waals surface area (Å²) < 4.78 is 15.1. The number of rotatable bonds is 4. The molecular weight excluding hydrogens is 224 g/mol. The Morgan fingerprint density at radius 2 is 2.18 bits per heavy atom. The van der Waals surface area contributed by atoms with E-state index in [1.165, 1.54) is 12.6 Å². The van der Waals surface area contributed by atoms with Gasteiger partial charge in [0.1, 0.15) is 11.5 Å². The van der Waals surface area contributed by atoms with Crippen molar-refractivity contribution in [2.24, 2.45) is 0 Å². The van der Waals surface area contributed by atoms with Crippen LogP contribution in [0.4, 0.5) is 0 Å². The van der Waals surface area contributed by atoms with Gasteiger partial charge in [-0.3, -0.25) is 0 Å². The Labute approximate surface area is 97.6 Å². The second kappa shape index (κ2) is 4.82. The summed E-state index contributed by atoms with van der Waals surface area (Å²) in [6.45, 7) is 3.77. The molecule has 0 unspecified atom stereocenters. The normalized spacial score (nSPS) is 10.5. The topological polar surface area (TPSA) is 78.4 Å². The van der Waals surface area contributed by atoms with Gasteiger partial charge in [-0.1, -0.05) is 13.8 Å². The summed E-state index contributed by atoms with van der Waals surface area (Å²) in [6, 6.07) is 0. The summed E-state index contributed by atoms with van der Waals surface area (Å²) in [4.78, 5) is 19.3. The van der Waals surface area contributed by atoms with Crippen LogP contribution in [-0.2, 0) is 12.8 Å². The van der Waals surface area contributed by atoms with E-state index in [0.29, 0.717) is 24.4 Å². The maximum atomic E-state index is 11.7. The van der Waals surface area contributed by atoms with E-state index >= 15 is 0 Å². The van der Waals surface area contributed by atoms with Gasteiger partial charge >= 0.3 is 12.0 Å². The van der Waals surface area contributed by atoms with Gasteiger partial charge in [-0.2, -0.15) is 4.98 Å². The minimum absolute atomic E-state index is 0.0723. The van der Waals surface area contributed by atoms with Crippen molar-refractivity contribution in [3.05, 3.63) is 29.8 Å². The van der Waals surface area contributed by atoms with Crippen LogP contribution in [0.3, 0.4) is 0 Å². The molecule has 0 saturated carbocycles. The lowest BCUT2D eigenvalue weighted by Gasteiger charge is -1.97. The van der Waals surface area contributed by atoms with Crippen LogP contribution in [0.25, 0.3) is 0 Å². The molecule has 2 aromatic rings. The molecule has 0 fully saturated rings. The van der Waals surface area contributed by atoms with Crippen LogP contribution < -0.4 is 4.74 Å². The predicted molar refractivity (Wildman–Crippen MR) is 56.7 cm³/mol. The second-order valence-corrected chi connectivity index (χ2v) is 3.31. The number of ether oxygens (including phenoxy) is 1. The Hall–Kier alpha value is -2.11. The number of aromatic nitrogens is 2. The molecule has 0 amide bonds. The van der Waals surface area contributed by atoms with E-state index in [0.717, 1.165) is 0 Å². The van der Waals surface area contributed by atoms with Gasteiger partial charge in [0, 0.05) is 12.8 Å². The van der Waals surface area contributed by atoms with E-state index < -0.39 is 5.97 Å². The van der Waals surface area contributed by atoms with E-state index in [9.17, 15) is 4.79 Å². The minimum Gasteiger partial charge on any atom is -0.448 e. The lowest BCUT2D eigenvalue weighted by atomic mass is 10.3. The molecule has 0 N–H and O–H groups in total. The van der Waals surface area contributed by atoms with Crippen molar-refractivity contribution >= 4 is 5.97 Å². The smallest absolute Gasteiger partial charge is 0.401 e. The van der Waals surface area contributed by atoms with Crippen LogP contribution in [0, 0.1) is 0 Å². The molecular formula is C11H12N2O4. The Morgan fingerprint density at radius 3 is 2.82 bits per heavy atom. The van der Waals surface area contributed by atoms with Crippen molar-refractivity contribution in [2.45, 2.75) is 26.7 Å². The van der Waals surface area contributed by atoms with Gasteiger partial charge in [0.2, 0.25) is 0 Å². The summed E-state index contributed by atoms with van der Waals surface area (Å²) in [5, 5.41) is 0. The van der Waals surface area contributed by atoms with Crippen LogP contribution in [0.15, 0.2) is 21.4 Å². The Kier molecular flexibility index (Phi) is 3.22. The molecule has 0 aliphatic heterocycles. The van der Waals surface area contributed by atoms with Gasteiger partial charge in [-0.25, -0.2) is 9.78 Å². The van der Waals surface area contributed by atoms with Crippen LogP contribution in [0.2, 0.25) is 0 Å². The standard InChI is InChI=1S/C11H12N2O4/c1-3-7-5-12-11(16-7)17-10(14)9-8(4-2)15-6-13-9/h5-6H,3-4H2,1-2H3. The summed E-state index contributed by atoms with van der Waals surface area (Å²) in [7, 11) is 0. The number of hydrogen-bond donors (Lipinski definition) is 0. The monoisotopic (exact) mass is 236 g/mol. The zero-order valence-corrected chi connectivity index (χ0v) is 9.60. The molecule has 0 spiro atoms. The Bertz CT molecular complexity index is 515. The Morgan fingerprint density at radius 1 is 1.35 bits per heavy atom. The molecule has 2 rings (SSSR count). The molecule has 90 valence electrons. The average molecular weight is 236 g/mol. The van der Waals surface area contributed by atoms with Gasteiger partial charge in [-0.05, 0) is 0 Å². The summed E-state index contributed by atoms with van der Waals surface area (Å²) in [5.74, 6) is 0.515. The first kappa shape index (κ1) is 11.4. The van der Waals surface area contributed by atoms with Crippen molar-refractivity contribution in [1.29, 1.82) is 0 Å². The van der Waals surface area contributed by atoms with E-state index in [1.54, 1.807) is 0 Å². The number of nitrogens with zero attached hydrogens (tertiary/aromatic N) is 2. The number of carbonyl (C=O) groups excluding carboxylic acids is 1. The highest BCUT2D eigenvalue weighted by atomic mass is 16.6. The number of oxazole rings is 2. The van der Waals surface area contributed by atoms with Gasteiger partial charge in [0.15, 0.2) is 12.1 Å². The summed E-state index contributed by atoms with van der Waals surface area (Å²) >= 11 is 0. The molecule has 6 heteroatoms. The summed E-state index contributed by atoms with van der Waals surface area (Å²) in [6.07, 6.45) is 3.91. The van der Waals surface area contributed by atoms with Crippen molar-refractivity contribution in [1.82, 2.24) is 9.97 Å². The van der Waals surface area contributed by atoms with Gasteiger partial charge in [-0.15, -0.1) is 0 Å². The quantitative estimate of drug-likeness (QED) is 0.755. The number of hydrogen-bond acceptors (Lipinski definition) is 6. The molecule has 0 saturated heterocycles. The molecule has 0 aliphatic rings. The maximum Gasteiger partial charge on any atom is 0.401 e. The SMILES string of the molecule is CCc1cnc(OC(=O)c2ncoc2CC)o1. The van der Waals surface area contributed by atoms with Crippen LogP contribution in [-0.4, -0.2) is 15.9 Å². The molecule has 0 bridgehead atoms. The van der Waals surface area contributed by atoms with Crippen molar-refractivity contribution in [3.8, 4) is 6.08 Å². The highest BCUT2D eigenvalue weighted by Gasteiger charge is 2.19. The molecule has 2 heterocycles. The van der Waals surface area contributed by atoms with Crippen molar-refractivity contribution < 1.29 is 18.4 Å². The number of esters is 1.